The molecule has 0 saturated heterocycles. The molecule has 0 aliphatic heterocycles. The van der Waals surface area contributed by atoms with E-state index < -0.39 is 12.4 Å². The molecule has 6 heteroatoms. The standard InChI is InChI=1S/C17H9F3N2O/c18-12-3-1-2-10(6-12)16-14-7-13(23-17(19)20)5-4-11(14)9-22-15(16)8-21/h1-7,9,17H. The Hall–Kier alpha value is -3.07. The number of ether oxygens (including phenoxy) is 1. The van der Waals surface area contributed by atoms with Crippen LogP contribution in [0, 0.1) is 17.1 Å². The maximum absolute atomic E-state index is 13.5. The van der Waals surface area contributed by atoms with E-state index in [0.29, 0.717) is 21.9 Å². The predicted molar refractivity (Wildman–Crippen MR) is 78.5 cm³/mol. The van der Waals surface area contributed by atoms with Gasteiger partial charge in [0.25, 0.3) is 0 Å². The SMILES string of the molecule is N#Cc1ncc2ccc(OC(F)F)cc2c1-c1cccc(F)c1. The van der Waals surface area contributed by atoms with E-state index in [1.54, 1.807) is 12.1 Å². The van der Waals surface area contributed by atoms with Gasteiger partial charge >= 0.3 is 6.61 Å². The van der Waals surface area contributed by atoms with Crippen molar-refractivity contribution in [2.24, 2.45) is 0 Å². The molecule has 2 aromatic carbocycles. The minimum absolute atomic E-state index is 0.0414. The topological polar surface area (TPSA) is 45.9 Å². The first-order valence-electron chi connectivity index (χ1n) is 6.62. The van der Waals surface area contributed by atoms with Crippen LogP contribution in [0.1, 0.15) is 5.69 Å². The summed E-state index contributed by atoms with van der Waals surface area (Å²) in [6.45, 7) is -2.96. The molecule has 23 heavy (non-hydrogen) atoms. The molecule has 0 spiro atoms. The summed E-state index contributed by atoms with van der Waals surface area (Å²) in [6.07, 6.45) is 1.46. The summed E-state index contributed by atoms with van der Waals surface area (Å²) >= 11 is 0. The highest BCUT2D eigenvalue weighted by Gasteiger charge is 2.14. The number of halogens is 3. The van der Waals surface area contributed by atoms with Crippen molar-refractivity contribution in [2.45, 2.75) is 6.61 Å². The number of fused-ring (bicyclic) bond motifs is 1. The fraction of sp³-hybridized carbons (Fsp3) is 0.0588. The second-order valence-electron chi connectivity index (χ2n) is 4.73. The fourth-order valence-electron chi connectivity index (χ4n) is 2.39. The molecular formula is C17H9F3N2O. The molecule has 3 nitrogen and oxygen atoms in total. The Balaban J connectivity index is 2.30. The molecule has 3 aromatic rings. The van der Waals surface area contributed by atoms with Crippen LogP contribution in [-0.2, 0) is 0 Å². The minimum atomic E-state index is -2.96. The summed E-state index contributed by atoms with van der Waals surface area (Å²) < 4.78 is 42.7. The largest absolute Gasteiger partial charge is 0.435 e. The Morgan fingerprint density at radius 3 is 2.65 bits per heavy atom. The van der Waals surface area contributed by atoms with E-state index >= 15 is 0 Å². The maximum Gasteiger partial charge on any atom is 0.387 e. The summed E-state index contributed by atoms with van der Waals surface area (Å²) in [4.78, 5) is 4.05. The number of aromatic nitrogens is 1. The van der Waals surface area contributed by atoms with Crippen LogP contribution in [0.4, 0.5) is 13.2 Å². The van der Waals surface area contributed by atoms with Gasteiger partial charge in [0, 0.05) is 17.1 Å². The third-order valence-electron chi connectivity index (χ3n) is 3.31. The van der Waals surface area contributed by atoms with Crippen LogP contribution in [0.15, 0.2) is 48.7 Å². The van der Waals surface area contributed by atoms with Gasteiger partial charge in [-0.3, -0.25) is 0 Å². The summed E-state index contributed by atoms with van der Waals surface area (Å²) in [6, 6.07) is 12.0. The molecule has 0 unspecified atom stereocenters. The third-order valence-corrected chi connectivity index (χ3v) is 3.31. The van der Waals surface area contributed by atoms with E-state index in [2.05, 4.69) is 9.72 Å². The first-order chi connectivity index (χ1) is 11.1. The summed E-state index contributed by atoms with van der Waals surface area (Å²) in [5.74, 6) is -0.511. The van der Waals surface area contributed by atoms with E-state index in [0.717, 1.165) is 0 Å². The first kappa shape index (κ1) is 14.9. The van der Waals surface area contributed by atoms with Crippen LogP contribution < -0.4 is 4.74 Å². The number of hydrogen-bond donors (Lipinski definition) is 0. The van der Waals surface area contributed by atoms with Crippen molar-refractivity contribution in [3.05, 3.63) is 60.2 Å². The number of hydrogen-bond acceptors (Lipinski definition) is 3. The number of pyridine rings is 1. The quantitative estimate of drug-likeness (QED) is 0.714. The molecule has 0 atom stereocenters. The lowest BCUT2D eigenvalue weighted by atomic mass is 9.97. The monoisotopic (exact) mass is 314 g/mol. The molecule has 114 valence electrons. The molecule has 0 fully saturated rings. The molecule has 1 heterocycles. The van der Waals surface area contributed by atoms with Crippen molar-refractivity contribution >= 4 is 10.8 Å². The Kier molecular flexibility index (Phi) is 3.85. The van der Waals surface area contributed by atoms with Crippen molar-refractivity contribution in [3.8, 4) is 22.9 Å². The van der Waals surface area contributed by atoms with Crippen LogP contribution in [0.5, 0.6) is 5.75 Å². The molecule has 0 saturated carbocycles. The van der Waals surface area contributed by atoms with Gasteiger partial charge in [0.1, 0.15) is 23.3 Å². The second-order valence-corrected chi connectivity index (χ2v) is 4.73. The Morgan fingerprint density at radius 2 is 1.96 bits per heavy atom. The van der Waals surface area contributed by atoms with Crippen LogP contribution in [0.25, 0.3) is 21.9 Å². The Bertz CT molecular complexity index is 919. The summed E-state index contributed by atoms with van der Waals surface area (Å²) in [7, 11) is 0. The number of nitriles is 1. The highest BCUT2D eigenvalue weighted by atomic mass is 19.3. The van der Waals surface area contributed by atoms with E-state index in [1.165, 1.54) is 36.5 Å². The average molecular weight is 314 g/mol. The Morgan fingerprint density at radius 1 is 1.13 bits per heavy atom. The van der Waals surface area contributed by atoms with Gasteiger partial charge in [-0.2, -0.15) is 14.0 Å². The maximum atomic E-state index is 13.5. The zero-order valence-corrected chi connectivity index (χ0v) is 11.6. The summed E-state index contributed by atoms with van der Waals surface area (Å²) in [5.41, 5.74) is 0.898. The fourth-order valence-corrected chi connectivity index (χ4v) is 2.39. The van der Waals surface area contributed by atoms with E-state index in [-0.39, 0.29) is 11.4 Å². The Labute approximate surface area is 129 Å². The number of benzene rings is 2. The average Bonchev–Trinajstić information content (AvgIpc) is 2.53. The van der Waals surface area contributed by atoms with Crippen molar-refractivity contribution in [1.82, 2.24) is 4.98 Å². The van der Waals surface area contributed by atoms with Crippen LogP contribution in [0.3, 0.4) is 0 Å². The molecule has 3 rings (SSSR count). The zero-order valence-electron chi connectivity index (χ0n) is 11.6. The normalized spacial score (nSPS) is 10.7. The molecule has 0 aliphatic carbocycles. The first-order valence-corrected chi connectivity index (χ1v) is 6.62. The van der Waals surface area contributed by atoms with Gasteiger partial charge in [0.2, 0.25) is 0 Å². The lowest BCUT2D eigenvalue weighted by molar-refractivity contribution is -0.0497. The minimum Gasteiger partial charge on any atom is -0.435 e. The van der Waals surface area contributed by atoms with Gasteiger partial charge in [0.05, 0.1) is 0 Å². The highest BCUT2D eigenvalue weighted by molar-refractivity contribution is 5.98. The third kappa shape index (κ3) is 2.94. The smallest absolute Gasteiger partial charge is 0.387 e. The van der Waals surface area contributed by atoms with Gasteiger partial charge in [-0.05, 0) is 41.3 Å². The lowest BCUT2D eigenvalue weighted by Gasteiger charge is -2.11. The van der Waals surface area contributed by atoms with Gasteiger partial charge in [-0.15, -0.1) is 0 Å². The van der Waals surface area contributed by atoms with Crippen molar-refractivity contribution < 1.29 is 17.9 Å². The molecule has 0 aliphatic rings. The van der Waals surface area contributed by atoms with Gasteiger partial charge < -0.3 is 4.74 Å². The van der Waals surface area contributed by atoms with Crippen LogP contribution in [0.2, 0.25) is 0 Å². The van der Waals surface area contributed by atoms with Crippen molar-refractivity contribution in [2.75, 3.05) is 0 Å². The second kappa shape index (κ2) is 5.97. The van der Waals surface area contributed by atoms with Crippen LogP contribution >= 0.6 is 0 Å². The molecule has 0 amide bonds. The number of rotatable bonds is 3. The van der Waals surface area contributed by atoms with E-state index in [4.69, 9.17) is 0 Å². The summed E-state index contributed by atoms with van der Waals surface area (Å²) in [5, 5.41) is 10.4. The molecule has 0 N–H and O–H groups in total. The predicted octanol–water partition coefficient (Wildman–Crippen LogP) is 4.51. The number of nitrogens with zero attached hydrogens (tertiary/aromatic N) is 2. The molecule has 1 aromatic heterocycles. The van der Waals surface area contributed by atoms with E-state index in [1.807, 2.05) is 6.07 Å². The molecular weight excluding hydrogens is 305 g/mol. The van der Waals surface area contributed by atoms with Crippen molar-refractivity contribution in [3.63, 3.8) is 0 Å². The van der Waals surface area contributed by atoms with Crippen molar-refractivity contribution in [1.29, 1.82) is 5.26 Å². The van der Waals surface area contributed by atoms with Gasteiger partial charge in [0.15, 0.2) is 0 Å². The van der Waals surface area contributed by atoms with Gasteiger partial charge in [-0.1, -0.05) is 12.1 Å². The van der Waals surface area contributed by atoms with Crippen LogP contribution in [-0.4, -0.2) is 11.6 Å². The van der Waals surface area contributed by atoms with E-state index in [9.17, 15) is 18.4 Å². The molecule has 0 bridgehead atoms. The van der Waals surface area contributed by atoms with Gasteiger partial charge in [-0.25, -0.2) is 9.37 Å². The number of alkyl halides is 2. The lowest BCUT2D eigenvalue weighted by Crippen LogP contribution is -2.02. The highest BCUT2D eigenvalue weighted by Crippen LogP contribution is 2.33. The molecule has 0 radical (unpaired) electrons. The zero-order chi connectivity index (χ0) is 16.4.